The molecule has 0 saturated carbocycles. The number of hydrogen-bond donors (Lipinski definition) is 1. The number of pyridine rings is 2. The van der Waals surface area contributed by atoms with Crippen LogP contribution in [0.25, 0.3) is 33.1 Å². The predicted octanol–water partition coefficient (Wildman–Crippen LogP) is 6.57. The molecule has 3 aromatic carbocycles. The van der Waals surface area contributed by atoms with Crippen molar-refractivity contribution >= 4 is 33.5 Å². The predicted molar refractivity (Wildman–Crippen MR) is 137 cm³/mol. The lowest BCUT2D eigenvalue weighted by atomic mass is 10.1. The standard InChI is InChI=1S/C19H17FN2.C10H7NO2/c20-16-9-7-14(8-10-16)19-18(22-11-3-4-12-22)13-15-5-1-2-6-17(15)21-19;12-10(13)8-3-4-9-7(6-8)2-1-5-11-9/h1-2,5-10,13H,3-4,11-12H2;1-6H,(H,12,13). The summed E-state index contributed by atoms with van der Waals surface area (Å²) in [5.41, 5.74) is 5.15. The molecule has 0 atom stereocenters. The molecule has 2 aromatic heterocycles. The number of halogens is 1. The zero-order valence-electron chi connectivity index (χ0n) is 19.1. The van der Waals surface area contributed by atoms with E-state index >= 15 is 0 Å². The van der Waals surface area contributed by atoms with Crippen LogP contribution in [0.2, 0.25) is 0 Å². The molecule has 0 bridgehead atoms. The van der Waals surface area contributed by atoms with E-state index in [1.54, 1.807) is 30.5 Å². The maximum atomic E-state index is 13.2. The van der Waals surface area contributed by atoms with Gasteiger partial charge >= 0.3 is 5.97 Å². The number of aromatic carboxylic acids is 1. The van der Waals surface area contributed by atoms with Crippen molar-refractivity contribution in [1.29, 1.82) is 0 Å². The second-order valence-electron chi connectivity index (χ2n) is 8.47. The van der Waals surface area contributed by atoms with Crippen molar-refractivity contribution in [1.82, 2.24) is 9.97 Å². The van der Waals surface area contributed by atoms with E-state index in [9.17, 15) is 9.18 Å². The van der Waals surface area contributed by atoms with Crippen LogP contribution in [-0.4, -0.2) is 34.1 Å². The van der Waals surface area contributed by atoms with Gasteiger partial charge in [-0.25, -0.2) is 14.2 Å². The number of aromatic nitrogens is 2. The molecule has 174 valence electrons. The van der Waals surface area contributed by atoms with Gasteiger partial charge in [0.2, 0.25) is 0 Å². The van der Waals surface area contributed by atoms with Gasteiger partial charge in [-0.1, -0.05) is 24.3 Å². The van der Waals surface area contributed by atoms with Crippen LogP contribution in [0.1, 0.15) is 23.2 Å². The van der Waals surface area contributed by atoms with E-state index in [0.717, 1.165) is 51.8 Å². The minimum absolute atomic E-state index is 0.215. The highest BCUT2D eigenvalue weighted by atomic mass is 19.1. The van der Waals surface area contributed by atoms with Gasteiger partial charge in [-0.2, -0.15) is 0 Å². The lowest BCUT2D eigenvalue weighted by molar-refractivity contribution is 0.0697. The molecule has 6 heteroatoms. The van der Waals surface area contributed by atoms with Crippen LogP contribution in [-0.2, 0) is 0 Å². The summed E-state index contributed by atoms with van der Waals surface area (Å²) in [4.78, 5) is 22.0. The maximum Gasteiger partial charge on any atom is 0.335 e. The fourth-order valence-corrected chi connectivity index (χ4v) is 4.33. The molecule has 0 radical (unpaired) electrons. The van der Waals surface area contributed by atoms with Crippen molar-refractivity contribution in [2.24, 2.45) is 0 Å². The lowest BCUT2D eigenvalue weighted by Gasteiger charge is -2.21. The van der Waals surface area contributed by atoms with Gasteiger partial charge in [-0.3, -0.25) is 4.98 Å². The van der Waals surface area contributed by atoms with E-state index in [0.29, 0.717) is 5.56 Å². The molecular formula is C29H24FN3O2. The van der Waals surface area contributed by atoms with Gasteiger partial charge in [0.25, 0.3) is 0 Å². The minimum atomic E-state index is -0.911. The molecule has 35 heavy (non-hydrogen) atoms. The Morgan fingerprint density at radius 3 is 2.31 bits per heavy atom. The van der Waals surface area contributed by atoms with Crippen LogP contribution in [0.3, 0.4) is 0 Å². The Bertz CT molecular complexity index is 1500. The quantitative estimate of drug-likeness (QED) is 0.326. The van der Waals surface area contributed by atoms with Gasteiger partial charge in [0.15, 0.2) is 0 Å². The third-order valence-electron chi connectivity index (χ3n) is 6.12. The van der Waals surface area contributed by atoms with E-state index in [1.165, 1.54) is 25.0 Å². The average Bonchev–Trinajstić information content (AvgIpc) is 3.43. The molecule has 0 unspecified atom stereocenters. The van der Waals surface area contributed by atoms with Crippen LogP contribution in [0.15, 0.2) is 91.1 Å². The zero-order chi connectivity index (χ0) is 24.2. The Hall–Kier alpha value is -4.32. The van der Waals surface area contributed by atoms with Crippen molar-refractivity contribution < 1.29 is 14.3 Å². The highest BCUT2D eigenvalue weighted by Crippen LogP contribution is 2.34. The first kappa shape index (κ1) is 22.5. The van der Waals surface area contributed by atoms with Crippen LogP contribution < -0.4 is 4.90 Å². The molecule has 1 aliphatic rings. The van der Waals surface area contributed by atoms with Crippen molar-refractivity contribution in [3.05, 3.63) is 103 Å². The summed E-state index contributed by atoms with van der Waals surface area (Å²) in [6.45, 7) is 2.13. The number of rotatable bonds is 3. The summed E-state index contributed by atoms with van der Waals surface area (Å²) in [5.74, 6) is -1.13. The Morgan fingerprint density at radius 2 is 1.54 bits per heavy atom. The number of anilines is 1. The summed E-state index contributed by atoms with van der Waals surface area (Å²) in [6.07, 6.45) is 4.12. The Balaban J connectivity index is 0.000000166. The topological polar surface area (TPSA) is 66.3 Å². The number of para-hydroxylation sites is 1. The summed E-state index contributed by atoms with van der Waals surface area (Å²) >= 11 is 0. The molecule has 6 rings (SSSR count). The summed E-state index contributed by atoms with van der Waals surface area (Å²) in [5, 5.41) is 10.7. The second-order valence-corrected chi connectivity index (χ2v) is 8.47. The van der Waals surface area contributed by atoms with Crippen molar-refractivity contribution in [3.63, 3.8) is 0 Å². The first-order valence-electron chi connectivity index (χ1n) is 11.6. The molecular weight excluding hydrogens is 441 g/mol. The number of carboxylic acids is 1. The van der Waals surface area contributed by atoms with E-state index in [-0.39, 0.29) is 5.82 Å². The Kier molecular flexibility index (Phi) is 6.35. The molecule has 5 aromatic rings. The molecule has 0 aliphatic carbocycles. The normalized spacial score (nSPS) is 13.0. The van der Waals surface area contributed by atoms with Crippen LogP contribution >= 0.6 is 0 Å². The average molecular weight is 466 g/mol. The van der Waals surface area contributed by atoms with Gasteiger partial charge < -0.3 is 10.0 Å². The maximum absolute atomic E-state index is 13.2. The SMILES string of the molecule is Fc1ccc(-c2nc3ccccc3cc2N2CCCC2)cc1.O=C(O)c1ccc2ncccc2c1. The van der Waals surface area contributed by atoms with Crippen molar-refractivity contribution in [3.8, 4) is 11.3 Å². The monoisotopic (exact) mass is 465 g/mol. The van der Waals surface area contributed by atoms with E-state index in [1.807, 2.05) is 36.4 Å². The molecule has 1 aliphatic heterocycles. The number of benzene rings is 3. The fraction of sp³-hybridized carbons (Fsp3) is 0.138. The van der Waals surface area contributed by atoms with Crippen LogP contribution in [0, 0.1) is 5.82 Å². The highest BCUT2D eigenvalue weighted by Gasteiger charge is 2.18. The molecule has 1 N–H and O–H groups in total. The molecule has 3 heterocycles. The van der Waals surface area contributed by atoms with E-state index in [2.05, 4.69) is 22.0 Å². The molecule has 0 spiro atoms. The molecule has 5 nitrogen and oxygen atoms in total. The molecule has 1 fully saturated rings. The Morgan fingerprint density at radius 1 is 0.829 bits per heavy atom. The smallest absolute Gasteiger partial charge is 0.335 e. The summed E-state index contributed by atoms with van der Waals surface area (Å²) in [6, 6.07) is 25.5. The number of hydrogen-bond acceptors (Lipinski definition) is 4. The third-order valence-corrected chi connectivity index (χ3v) is 6.12. The number of carbonyl (C=O) groups is 1. The van der Waals surface area contributed by atoms with Crippen LogP contribution in [0.4, 0.5) is 10.1 Å². The van der Waals surface area contributed by atoms with Gasteiger partial charge in [-0.05, 0) is 73.5 Å². The van der Waals surface area contributed by atoms with E-state index < -0.39 is 5.97 Å². The molecule has 1 saturated heterocycles. The third kappa shape index (κ3) is 4.96. The number of nitrogens with zero attached hydrogens (tertiary/aromatic N) is 3. The van der Waals surface area contributed by atoms with Crippen molar-refractivity contribution in [2.75, 3.05) is 18.0 Å². The summed E-state index contributed by atoms with van der Waals surface area (Å²) in [7, 11) is 0. The molecule has 0 amide bonds. The second kappa shape index (κ2) is 9.89. The largest absolute Gasteiger partial charge is 0.478 e. The number of fused-ring (bicyclic) bond motifs is 2. The van der Waals surface area contributed by atoms with Gasteiger partial charge in [-0.15, -0.1) is 0 Å². The van der Waals surface area contributed by atoms with E-state index in [4.69, 9.17) is 10.1 Å². The van der Waals surface area contributed by atoms with Crippen molar-refractivity contribution in [2.45, 2.75) is 12.8 Å². The van der Waals surface area contributed by atoms with Crippen LogP contribution in [0.5, 0.6) is 0 Å². The lowest BCUT2D eigenvalue weighted by Crippen LogP contribution is -2.19. The summed E-state index contributed by atoms with van der Waals surface area (Å²) < 4.78 is 13.2. The first-order valence-corrected chi connectivity index (χ1v) is 11.6. The van der Waals surface area contributed by atoms with Gasteiger partial charge in [0.1, 0.15) is 5.82 Å². The van der Waals surface area contributed by atoms with Gasteiger partial charge in [0, 0.05) is 35.6 Å². The zero-order valence-corrected chi connectivity index (χ0v) is 19.1. The number of carboxylic acid groups (broad SMARTS) is 1. The fourth-order valence-electron chi connectivity index (χ4n) is 4.33. The Labute approximate surface area is 202 Å². The minimum Gasteiger partial charge on any atom is -0.478 e. The first-order chi connectivity index (χ1) is 17.1. The van der Waals surface area contributed by atoms with Gasteiger partial charge in [0.05, 0.1) is 28.0 Å². The highest BCUT2D eigenvalue weighted by molar-refractivity contribution is 5.93.